The molecule has 0 aliphatic carbocycles. The van der Waals surface area contributed by atoms with Gasteiger partial charge < -0.3 is 9.47 Å². The average molecular weight is 431 g/mol. The van der Waals surface area contributed by atoms with Crippen molar-refractivity contribution in [1.82, 2.24) is 0 Å². The fourth-order valence-electron chi connectivity index (χ4n) is 2.80. The lowest BCUT2D eigenvalue weighted by molar-refractivity contribution is -0.385. The Morgan fingerprint density at radius 3 is 2.00 bits per heavy atom. The first-order valence-corrected chi connectivity index (χ1v) is 9.43. The first kappa shape index (κ1) is 22.0. The number of hydrogen-bond acceptors (Lipinski definition) is 7. The third-order valence-corrected chi connectivity index (χ3v) is 4.39. The second kappa shape index (κ2) is 10.4. The molecule has 3 rings (SSSR count). The van der Waals surface area contributed by atoms with Crippen LogP contribution in [0.1, 0.15) is 11.1 Å². The van der Waals surface area contributed by atoms with Crippen LogP contribution in [0.3, 0.4) is 0 Å². The van der Waals surface area contributed by atoms with Crippen LogP contribution in [0.25, 0.3) is 11.6 Å². The summed E-state index contributed by atoms with van der Waals surface area (Å²) in [6, 6.07) is 20.7. The second-order valence-corrected chi connectivity index (χ2v) is 6.46. The topological polar surface area (TPSA) is 129 Å². The molecule has 0 aliphatic heterocycles. The van der Waals surface area contributed by atoms with Crippen LogP contribution in [0.2, 0.25) is 0 Å². The van der Waals surface area contributed by atoms with Gasteiger partial charge in [0.15, 0.2) is 0 Å². The zero-order valence-electron chi connectivity index (χ0n) is 16.7. The minimum absolute atomic E-state index is 0.0179. The van der Waals surface area contributed by atoms with Crippen molar-refractivity contribution >= 4 is 23.0 Å². The maximum Gasteiger partial charge on any atom is 0.269 e. The maximum atomic E-state index is 10.8. The summed E-state index contributed by atoms with van der Waals surface area (Å²) in [5, 5.41) is 31.1. The van der Waals surface area contributed by atoms with Crippen LogP contribution >= 0.6 is 0 Å². The highest BCUT2D eigenvalue weighted by Gasteiger charge is 2.09. The van der Waals surface area contributed by atoms with Gasteiger partial charge in [-0.25, -0.2) is 0 Å². The lowest BCUT2D eigenvalue weighted by atomic mass is 10.0. The third-order valence-electron chi connectivity index (χ3n) is 4.39. The Morgan fingerprint density at radius 2 is 1.41 bits per heavy atom. The van der Waals surface area contributed by atoms with Crippen molar-refractivity contribution in [2.45, 2.75) is 0 Å². The highest BCUT2D eigenvalue weighted by Crippen LogP contribution is 2.26. The van der Waals surface area contributed by atoms with Crippen LogP contribution < -0.4 is 9.47 Å². The Morgan fingerprint density at radius 1 is 0.844 bits per heavy atom. The maximum absolute atomic E-state index is 10.8. The standard InChI is InChI=1S/C23H17N3O6/c24-16-19(17-5-7-20(8-6-17)25(27)28)15-18-3-1-2-4-23(18)32-14-13-31-22-11-9-21(10-12-22)26(29)30/h1-12,15H,13-14H2/b19-15+. The number of nitrogens with zero attached hydrogens (tertiary/aromatic N) is 3. The van der Waals surface area contributed by atoms with Crippen LogP contribution in [0, 0.1) is 31.6 Å². The van der Waals surface area contributed by atoms with Crippen molar-refractivity contribution in [3.8, 4) is 17.6 Å². The molecule has 0 aromatic heterocycles. The molecule has 0 atom stereocenters. The van der Waals surface area contributed by atoms with Crippen LogP contribution in [0.5, 0.6) is 11.5 Å². The monoisotopic (exact) mass is 431 g/mol. The fourth-order valence-corrected chi connectivity index (χ4v) is 2.80. The molecule has 0 radical (unpaired) electrons. The molecule has 0 N–H and O–H groups in total. The molecular formula is C23H17N3O6. The molecular weight excluding hydrogens is 414 g/mol. The number of benzene rings is 3. The van der Waals surface area contributed by atoms with E-state index in [-0.39, 0.29) is 24.6 Å². The Bertz CT molecular complexity index is 1180. The first-order valence-electron chi connectivity index (χ1n) is 9.43. The van der Waals surface area contributed by atoms with Gasteiger partial charge in [-0.05, 0) is 42.0 Å². The van der Waals surface area contributed by atoms with Crippen molar-refractivity contribution < 1.29 is 19.3 Å². The summed E-state index contributed by atoms with van der Waals surface area (Å²) in [6.45, 7) is 0.421. The SMILES string of the molecule is N#C/C(=C\c1ccccc1OCCOc1ccc([N+](=O)[O-])cc1)c1ccc([N+](=O)[O-])cc1. The summed E-state index contributed by atoms with van der Waals surface area (Å²) in [5.74, 6) is 1.02. The zero-order chi connectivity index (χ0) is 22.9. The molecule has 9 heteroatoms. The number of nitro groups is 2. The van der Waals surface area contributed by atoms with E-state index < -0.39 is 9.85 Å². The van der Waals surface area contributed by atoms with Gasteiger partial charge in [0, 0.05) is 29.8 Å². The number of allylic oxidation sites excluding steroid dienone is 1. The summed E-state index contributed by atoms with van der Waals surface area (Å²) in [4.78, 5) is 20.5. The van der Waals surface area contributed by atoms with Gasteiger partial charge in [0.2, 0.25) is 0 Å². The number of hydrogen-bond donors (Lipinski definition) is 0. The molecule has 0 bridgehead atoms. The molecule has 0 heterocycles. The Kier molecular flexibility index (Phi) is 7.12. The van der Waals surface area contributed by atoms with Gasteiger partial charge in [0.25, 0.3) is 11.4 Å². The molecule has 160 valence electrons. The third kappa shape index (κ3) is 5.67. The van der Waals surface area contributed by atoms with Gasteiger partial charge in [-0.15, -0.1) is 0 Å². The smallest absolute Gasteiger partial charge is 0.269 e. The molecule has 0 aliphatic rings. The van der Waals surface area contributed by atoms with E-state index in [1.165, 1.54) is 48.5 Å². The number of ether oxygens (including phenoxy) is 2. The van der Waals surface area contributed by atoms with E-state index >= 15 is 0 Å². The predicted molar refractivity (Wildman–Crippen MR) is 117 cm³/mol. The van der Waals surface area contributed by atoms with Crippen LogP contribution in [-0.4, -0.2) is 23.1 Å². The van der Waals surface area contributed by atoms with Gasteiger partial charge in [0.05, 0.1) is 21.5 Å². The average Bonchev–Trinajstić information content (AvgIpc) is 2.81. The molecule has 0 unspecified atom stereocenters. The normalized spacial score (nSPS) is 10.8. The number of rotatable bonds is 9. The van der Waals surface area contributed by atoms with E-state index in [0.29, 0.717) is 28.2 Å². The molecule has 9 nitrogen and oxygen atoms in total. The van der Waals surface area contributed by atoms with Crippen molar-refractivity contribution in [1.29, 1.82) is 5.26 Å². The fraction of sp³-hybridized carbons (Fsp3) is 0.0870. The predicted octanol–water partition coefficient (Wildman–Crippen LogP) is 5.02. The Labute approximate surface area is 183 Å². The lowest BCUT2D eigenvalue weighted by Crippen LogP contribution is -2.09. The highest BCUT2D eigenvalue weighted by molar-refractivity contribution is 5.90. The molecule has 3 aromatic rings. The van der Waals surface area contributed by atoms with Crippen LogP contribution in [0.15, 0.2) is 72.8 Å². The molecule has 0 saturated carbocycles. The number of nitro benzene ring substituents is 2. The van der Waals surface area contributed by atoms with Crippen LogP contribution in [0.4, 0.5) is 11.4 Å². The van der Waals surface area contributed by atoms with E-state index in [4.69, 9.17) is 9.47 Å². The quantitative estimate of drug-likeness (QED) is 0.153. The number of non-ortho nitro benzene ring substituents is 2. The lowest BCUT2D eigenvalue weighted by Gasteiger charge is -2.11. The molecule has 3 aromatic carbocycles. The summed E-state index contributed by atoms with van der Waals surface area (Å²) < 4.78 is 11.3. The van der Waals surface area contributed by atoms with Crippen molar-refractivity contribution in [3.05, 3.63) is 104 Å². The van der Waals surface area contributed by atoms with Crippen molar-refractivity contribution in [2.24, 2.45) is 0 Å². The van der Waals surface area contributed by atoms with Gasteiger partial charge >= 0.3 is 0 Å². The van der Waals surface area contributed by atoms with Gasteiger partial charge in [-0.3, -0.25) is 20.2 Å². The summed E-state index contributed by atoms with van der Waals surface area (Å²) >= 11 is 0. The largest absolute Gasteiger partial charge is 0.490 e. The van der Waals surface area contributed by atoms with E-state index in [1.54, 1.807) is 30.3 Å². The Balaban J connectivity index is 1.66. The second-order valence-electron chi connectivity index (χ2n) is 6.46. The number of nitriles is 1. The molecule has 0 saturated heterocycles. The molecule has 32 heavy (non-hydrogen) atoms. The van der Waals surface area contributed by atoms with Gasteiger partial charge in [-0.2, -0.15) is 5.26 Å². The number of para-hydroxylation sites is 1. The summed E-state index contributed by atoms with van der Waals surface area (Å²) in [6.07, 6.45) is 1.65. The van der Waals surface area contributed by atoms with E-state index in [2.05, 4.69) is 6.07 Å². The minimum atomic E-state index is -0.499. The van der Waals surface area contributed by atoms with Crippen molar-refractivity contribution in [3.63, 3.8) is 0 Å². The highest BCUT2D eigenvalue weighted by atomic mass is 16.6. The first-order chi connectivity index (χ1) is 15.5. The van der Waals surface area contributed by atoms with E-state index in [9.17, 15) is 25.5 Å². The van der Waals surface area contributed by atoms with Crippen LogP contribution in [-0.2, 0) is 0 Å². The van der Waals surface area contributed by atoms with Crippen molar-refractivity contribution in [2.75, 3.05) is 13.2 Å². The molecule has 0 fully saturated rings. The molecule has 0 amide bonds. The Hall–Kier alpha value is -4.71. The van der Waals surface area contributed by atoms with E-state index in [0.717, 1.165) is 0 Å². The summed E-state index contributed by atoms with van der Waals surface area (Å²) in [5.41, 5.74) is 1.48. The minimum Gasteiger partial charge on any atom is -0.490 e. The van der Waals surface area contributed by atoms with Gasteiger partial charge in [0.1, 0.15) is 24.7 Å². The summed E-state index contributed by atoms with van der Waals surface area (Å²) in [7, 11) is 0. The molecule has 0 spiro atoms. The zero-order valence-corrected chi connectivity index (χ0v) is 16.7. The van der Waals surface area contributed by atoms with Gasteiger partial charge in [-0.1, -0.05) is 18.2 Å². The van der Waals surface area contributed by atoms with E-state index in [1.807, 2.05) is 0 Å².